The Morgan fingerprint density at radius 3 is 2.31 bits per heavy atom. The number of benzene rings is 2. The Morgan fingerprint density at radius 2 is 1.72 bits per heavy atom. The number of halogens is 1. The standard InChI is InChI=1S/C25H23ClN2O4/c1-32-20-12-8-18(9-13-20)23-15-21(17-6-10-19(26)11-7-17)22(16-27)25(31)28(23)14-4-2-3-5-24(29)30/h6-13,15H,2-5,14H2,1H3,(H,29,30). The molecule has 2 aromatic carbocycles. The maximum Gasteiger partial charge on any atom is 0.303 e. The van der Waals surface area contributed by atoms with Gasteiger partial charge in [-0.15, -0.1) is 0 Å². The largest absolute Gasteiger partial charge is 0.497 e. The predicted molar refractivity (Wildman–Crippen MR) is 124 cm³/mol. The Labute approximate surface area is 191 Å². The fraction of sp³-hybridized carbons (Fsp3) is 0.240. The summed E-state index contributed by atoms with van der Waals surface area (Å²) in [6, 6.07) is 18.3. The van der Waals surface area contributed by atoms with Crippen LogP contribution in [0.3, 0.4) is 0 Å². The van der Waals surface area contributed by atoms with Crippen LogP contribution in [-0.2, 0) is 11.3 Å². The molecule has 32 heavy (non-hydrogen) atoms. The number of hydrogen-bond donors (Lipinski definition) is 1. The highest BCUT2D eigenvalue weighted by atomic mass is 35.5. The molecule has 0 saturated carbocycles. The Morgan fingerprint density at radius 1 is 1.06 bits per heavy atom. The van der Waals surface area contributed by atoms with Crippen LogP contribution in [0.25, 0.3) is 22.4 Å². The lowest BCUT2D eigenvalue weighted by Crippen LogP contribution is -2.25. The summed E-state index contributed by atoms with van der Waals surface area (Å²) in [4.78, 5) is 24.1. The summed E-state index contributed by atoms with van der Waals surface area (Å²) < 4.78 is 6.84. The van der Waals surface area contributed by atoms with Gasteiger partial charge in [-0.1, -0.05) is 30.2 Å². The molecule has 0 bridgehead atoms. The second-order valence-corrected chi connectivity index (χ2v) is 7.76. The van der Waals surface area contributed by atoms with E-state index in [4.69, 9.17) is 21.4 Å². The Hall–Kier alpha value is -3.56. The molecule has 0 aliphatic carbocycles. The van der Waals surface area contributed by atoms with Gasteiger partial charge in [0.1, 0.15) is 17.4 Å². The summed E-state index contributed by atoms with van der Waals surface area (Å²) in [5.74, 6) is -0.136. The van der Waals surface area contributed by atoms with Crippen molar-refractivity contribution in [2.45, 2.75) is 32.2 Å². The van der Waals surface area contributed by atoms with Gasteiger partial charge in [-0.25, -0.2) is 0 Å². The first kappa shape index (κ1) is 23.1. The monoisotopic (exact) mass is 450 g/mol. The van der Waals surface area contributed by atoms with E-state index in [0.717, 1.165) is 11.1 Å². The van der Waals surface area contributed by atoms with Crippen molar-refractivity contribution in [3.8, 4) is 34.2 Å². The molecule has 1 heterocycles. The predicted octanol–water partition coefficient (Wildman–Crippen LogP) is 5.36. The minimum absolute atomic E-state index is 0.0649. The van der Waals surface area contributed by atoms with Gasteiger partial charge in [0.15, 0.2) is 0 Å². The third-order valence-electron chi connectivity index (χ3n) is 5.23. The first-order chi connectivity index (χ1) is 15.4. The number of nitrogens with zero attached hydrogens (tertiary/aromatic N) is 2. The van der Waals surface area contributed by atoms with Gasteiger partial charge in [0, 0.05) is 23.6 Å². The van der Waals surface area contributed by atoms with Gasteiger partial charge in [-0.2, -0.15) is 5.26 Å². The highest BCUT2D eigenvalue weighted by Crippen LogP contribution is 2.29. The molecule has 0 aliphatic heterocycles. The van der Waals surface area contributed by atoms with Gasteiger partial charge >= 0.3 is 5.97 Å². The lowest BCUT2D eigenvalue weighted by atomic mass is 9.98. The van der Waals surface area contributed by atoms with Crippen LogP contribution in [0.15, 0.2) is 59.4 Å². The molecule has 1 N–H and O–H groups in total. The molecule has 164 valence electrons. The number of carbonyl (C=O) groups is 1. The molecule has 0 spiro atoms. The SMILES string of the molecule is COc1ccc(-c2cc(-c3ccc(Cl)cc3)c(C#N)c(=O)n2CCCCCC(=O)O)cc1. The number of nitriles is 1. The number of pyridine rings is 1. The number of carboxylic acids is 1. The zero-order valence-electron chi connectivity index (χ0n) is 17.7. The third kappa shape index (κ3) is 5.37. The zero-order chi connectivity index (χ0) is 23.1. The van der Waals surface area contributed by atoms with E-state index < -0.39 is 5.97 Å². The molecule has 0 atom stereocenters. The van der Waals surface area contributed by atoms with Crippen LogP contribution >= 0.6 is 11.6 Å². The first-order valence-electron chi connectivity index (χ1n) is 10.2. The Kier molecular flexibility index (Phi) is 7.69. The van der Waals surface area contributed by atoms with Crippen molar-refractivity contribution in [1.29, 1.82) is 5.26 Å². The summed E-state index contributed by atoms with van der Waals surface area (Å²) in [7, 11) is 1.59. The van der Waals surface area contributed by atoms with Crippen molar-refractivity contribution >= 4 is 17.6 Å². The van der Waals surface area contributed by atoms with Crippen LogP contribution in [0.2, 0.25) is 5.02 Å². The lowest BCUT2D eigenvalue weighted by molar-refractivity contribution is -0.137. The molecule has 3 aromatic rings. The topological polar surface area (TPSA) is 92.3 Å². The van der Waals surface area contributed by atoms with Crippen molar-refractivity contribution in [1.82, 2.24) is 4.57 Å². The van der Waals surface area contributed by atoms with E-state index in [9.17, 15) is 14.9 Å². The van der Waals surface area contributed by atoms with E-state index in [-0.39, 0.29) is 17.5 Å². The summed E-state index contributed by atoms with van der Waals surface area (Å²) in [5, 5.41) is 19.2. The number of aliphatic carboxylic acids is 1. The summed E-state index contributed by atoms with van der Waals surface area (Å²) >= 11 is 6.01. The summed E-state index contributed by atoms with van der Waals surface area (Å²) in [6.45, 7) is 0.384. The lowest BCUT2D eigenvalue weighted by Gasteiger charge is -2.17. The van der Waals surface area contributed by atoms with Crippen molar-refractivity contribution in [2.75, 3.05) is 7.11 Å². The average molecular weight is 451 g/mol. The van der Waals surface area contributed by atoms with Gasteiger partial charge in [0.2, 0.25) is 0 Å². The van der Waals surface area contributed by atoms with Gasteiger partial charge in [-0.3, -0.25) is 9.59 Å². The van der Waals surface area contributed by atoms with Crippen molar-refractivity contribution in [3.63, 3.8) is 0 Å². The summed E-state index contributed by atoms with van der Waals surface area (Å²) in [6.07, 6.45) is 1.93. The van der Waals surface area contributed by atoms with Gasteiger partial charge in [0.05, 0.1) is 12.8 Å². The van der Waals surface area contributed by atoms with E-state index >= 15 is 0 Å². The van der Waals surface area contributed by atoms with E-state index in [1.54, 1.807) is 35.9 Å². The number of carboxylic acid groups (broad SMARTS) is 1. The van der Waals surface area contributed by atoms with Crippen LogP contribution in [0, 0.1) is 11.3 Å². The highest BCUT2D eigenvalue weighted by Gasteiger charge is 2.17. The molecule has 0 saturated heterocycles. The molecular formula is C25H23ClN2O4. The molecule has 7 heteroatoms. The van der Waals surface area contributed by atoms with Crippen LogP contribution < -0.4 is 10.3 Å². The normalized spacial score (nSPS) is 10.5. The molecule has 3 rings (SSSR count). The zero-order valence-corrected chi connectivity index (χ0v) is 18.4. The van der Waals surface area contributed by atoms with Gasteiger partial charge in [-0.05, 0) is 66.4 Å². The molecule has 0 aliphatic rings. The molecule has 0 fully saturated rings. The van der Waals surface area contributed by atoms with E-state index in [1.807, 2.05) is 30.3 Å². The van der Waals surface area contributed by atoms with Crippen molar-refractivity contribution < 1.29 is 14.6 Å². The molecular weight excluding hydrogens is 428 g/mol. The van der Waals surface area contributed by atoms with Crippen LogP contribution in [-0.4, -0.2) is 22.8 Å². The molecule has 6 nitrogen and oxygen atoms in total. The number of methoxy groups -OCH3 is 1. The number of rotatable bonds is 9. The quantitative estimate of drug-likeness (QED) is 0.443. The summed E-state index contributed by atoms with van der Waals surface area (Å²) in [5.41, 5.74) is 2.46. The number of unbranched alkanes of at least 4 members (excludes halogenated alkanes) is 2. The Bertz CT molecular complexity index is 1190. The first-order valence-corrected chi connectivity index (χ1v) is 10.6. The van der Waals surface area contributed by atoms with E-state index in [1.165, 1.54) is 0 Å². The van der Waals surface area contributed by atoms with Crippen molar-refractivity contribution in [2.24, 2.45) is 0 Å². The maximum absolute atomic E-state index is 13.3. The third-order valence-corrected chi connectivity index (χ3v) is 5.48. The molecule has 1 aromatic heterocycles. The van der Waals surface area contributed by atoms with Crippen molar-refractivity contribution in [3.05, 3.63) is 75.5 Å². The van der Waals surface area contributed by atoms with E-state index in [0.29, 0.717) is 47.8 Å². The second-order valence-electron chi connectivity index (χ2n) is 7.33. The van der Waals surface area contributed by atoms with E-state index in [2.05, 4.69) is 6.07 Å². The van der Waals surface area contributed by atoms with Crippen LogP contribution in [0.4, 0.5) is 0 Å². The number of aromatic nitrogens is 1. The molecule has 0 radical (unpaired) electrons. The minimum atomic E-state index is -0.833. The highest BCUT2D eigenvalue weighted by molar-refractivity contribution is 6.30. The second kappa shape index (κ2) is 10.7. The molecule has 0 unspecified atom stereocenters. The van der Waals surface area contributed by atoms with Gasteiger partial charge < -0.3 is 14.4 Å². The van der Waals surface area contributed by atoms with Crippen LogP contribution in [0.1, 0.15) is 31.2 Å². The Balaban J connectivity index is 2.09. The fourth-order valence-corrected chi connectivity index (χ4v) is 3.68. The fourth-order valence-electron chi connectivity index (χ4n) is 3.56. The molecule has 0 amide bonds. The smallest absolute Gasteiger partial charge is 0.303 e. The minimum Gasteiger partial charge on any atom is -0.497 e. The number of ether oxygens (including phenoxy) is 1. The maximum atomic E-state index is 13.3. The van der Waals surface area contributed by atoms with Crippen LogP contribution in [0.5, 0.6) is 5.75 Å². The average Bonchev–Trinajstić information content (AvgIpc) is 2.80. The number of hydrogen-bond acceptors (Lipinski definition) is 4. The van der Waals surface area contributed by atoms with Gasteiger partial charge in [0.25, 0.3) is 5.56 Å².